The number of halogens is 3. The van der Waals surface area contributed by atoms with Crippen LogP contribution in [0.4, 0.5) is 13.2 Å². The lowest BCUT2D eigenvalue weighted by Crippen LogP contribution is -2.09. The molecule has 182 valence electrons. The largest absolute Gasteiger partial charge is 0.473 e. The molecule has 0 aliphatic heterocycles. The summed E-state index contributed by atoms with van der Waals surface area (Å²) in [5, 5.41) is 4.31. The van der Waals surface area contributed by atoms with Crippen molar-refractivity contribution < 1.29 is 22.6 Å². The number of nitrogens with zero attached hydrogens (tertiary/aromatic N) is 3. The summed E-state index contributed by atoms with van der Waals surface area (Å²) < 4.78 is 55.1. The third kappa shape index (κ3) is 4.88. The van der Waals surface area contributed by atoms with Crippen LogP contribution in [-0.2, 0) is 12.8 Å². The van der Waals surface area contributed by atoms with Crippen molar-refractivity contribution in [3.05, 3.63) is 107 Å². The molecule has 0 N–H and O–H groups in total. The van der Waals surface area contributed by atoms with Crippen molar-refractivity contribution in [2.75, 3.05) is 0 Å². The van der Waals surface area contributed by atoms with Gasteiger partial charge in [-0.25, -0.2) is 4.68 Å². The Bertz CT molecular complexity index is 1510. The number of benzene rings is 3. The van der Waals surface area contributed by atoms with Gasteiger partial charge in [0.2, 0.25) is 5.88 Å². The monoisotopic (exact) mass is 489 g/mol. The highest BCUT2D eigenvalue weighted by Crippen LogP contribution is 2.38. The SMILES string of the molecule is Cc1ccc(-n2nc(C)c3c(C(F)(F)F)cc(OCc4cccc(Oc5ccccc5)c4)nc32)cc1. The van der Waals surface area contributed by atoms with Crippen LogP contribution in [0.1, 0.15) is 22.4 Å². The van der Waals surface area contributed by atoms with Crippen molar-refractivity contribution in [2.24, 2.45) is 0 Å². The average Bonchev–Trinajstić information content (AvgIpc) is 3.19. The quantitative estimate of drug-likeness (QED) is 0.249. The van der Waals surface area contributed by atoms with Crippen LogP contribution in [0.3, 0.4) is 0 Å². The number of rotatable bonds is 6. The fraction of sp³-hybridized carbons (Fsp3) is 0.143. The molecule has 5 rings (SSSR count). The van der Waals surface area contributed by atoms with E-state index in [4.69, 9.17) is 9.47 Å². The van der Waals surface area contributed by atoms with Crippen LogP contribution >= 0.6 is 0 Å². The van der Waals surface area contributed by atoms with Crippen molar-refractivity contribution in [2.45, 2.75) is 26.6 Å². The minimum Gasteiger partial charge on any atom is -0.473 e. The Kier molecular flexibility index (Phi) is 6.10. The van der Waals surface area contributed by atoms with Crippen LogP contribution in [0, 0.1) is 13.8 Å². The van der Waals surface area contributed by atoms with E-state index in [9.17, 15) is 13.2 Å². The van der Waals surface area contributed by atoms with E-state index in [1.165, 1.54) is 4.68 Å². The zero-order valence-electron chi connectivity index (χ0n) is 19.6. The first-order valence-electron chi connectivity index (χ1n) is 11.3. The second-order valence-corrected chi connectivity index (χ2v) is 8.39. The maximum absolute atomic E-state index is 14.0. The predicted molar refractivity (Wildman–Crippen MR) is 131 cm³/mol. The molecule has 0 atom stereocenters. The van der Waals surface area contributed by atoms with Gasteiger partial charge in [0.15, 0.2) is 5.65 Å². The molecule has 0 amide bonds. The third-order valence-electron chi connectivity index (χ3n) is 5.64. The number of alkyl halides is 3. The minimum absolute atomic E-state index is 0.0133. The number of ether oxygens (including phenoxy) is 2. The number of para-hydroxylation sites is 1. The molecule has 36 heavy (non-hydrogen) atoms. The van der Waals surface area contributed by atoms with Crippen molar-refractivity contribution in [1.29, 1.82) is 0 Å². The molecule has 0 fully saturated rings. The number of pyridine rings is 1. The number of hydrogen-bond acceptors (Lipinski definition) is 4. The summed E-state index contributed by atoms with van der Waals surface area (Å²) in [5.74, 6) is 1.13. The van der Waals surface area contributed by atoms with Gasteiger partial charge in [0.1, 0.15) is 18.1 Å². The highest BCUT2D eigenvalue weighted by atomic mass is 19.4. The van der Waals surface area contributed by atoms with Gasteiger partial charge < -0.3 is 9.47 Å². The zero-order chi connectivity index (χ0) is 25.3. The van der Waals surface area contributed by atoms with Crippen LogP contribution in [-0.4, -0.2) is 14.8 Å². The van der Waals surface area contributed by atoms with E-state index < -0.39 is 11.7 Å². The van der Waals surface area contributed by atoms with E-state index in [1.807, 2.05) is 55.5 Å². The molecule has 5 aromatic rings. The zero-order valence-corrected chi connectivity index (χ0v) is 19.6. The predicted octanol–water partition coefficient (Wildman–Crippen LogP) is 7.43. The fourth-order valence-electron chi connectivity index (χ4n) is 3.91. The lowest BCUT2D eigenvalue weighted by Gasteiger charge is -2.13. The van der Waals surface area contributed by atoms with Crippen LogP contribution in [0.5, 0.6) is 17.4 Å². The molecule has 3 aromatic carbocycles. The van der Waals surface area contributed by atoms with Gasteiger partial charge in [-0.1, -0.05) is 48.0 Å². The molecule has 2 heterocycles. The molecule has 0 radical (unpaired) electrons. The Morgan fingerprint density at radius 3 is 2.28 bits per heavy atom. The second kappa shape index (κ2) is 9.37. The Morgan fingerprint density at radius 1 is 0.833 bits per heavy atom. The molecule has 0 aliphatic rings. The number of fused-ring (bicyclic) bond motifs is 1. The smallest absolute Gasteiger partial charge is 0.417 e. The van der Waals surface area contributed by atoms with Crippen LogP contribution in [0.2, 0.25) is 0 Å². The highest BCUT2D eigenvalue weighted by molar-refractivity contribution is 5.84. The maximum atomic E-state index is 14.0. The minimum atomic E-state index is -4.60. The molecule has 8 heteroatoms. The first kappa shape index (κ1) is 23.4. The summed E-state index contributed by atoms with van der Waals surface area (Å²) in [6.45, 7) is 3.49. The van der Waals surface area contributed by atoms with Gasteiger partial charge in [-0.2, -0.15) is 23.3 Å². The van der Waals surface area contributed by atoms with Gasteiger partial charge in [0.25, 0.3) is 0 Å². The molecule has 0 saturated heterocycles. The van der Waals surface area contributed by atoms with Gasteiger partial charge in [-0.15, -0.1) is 0 Å². The van der Waals surface area contributed by atoms with Gasteiger partial charge in [0.05, 0.1) is 22.3 Å². The molecule has 0 bridgehead atoms. The Balaban J connectivity index is 1.48. The van der Waals surface area contributed by atoms with E-state index in [0.29, 0.717) is 17.2 Å². The molecule has 5 nitrogen and oxygen atoms in total. The van der Waals surface area contributed by atoms with Gasteiger partial charge in [-0.3, -0.25) is 0 Å². The van der Waals surface area contributed by atoms with Crippen LogP contribution < -0.4 is 9.47 Å². The van der Waals surface area contributed by atoms with E-state index in [1.54, 1.807) is 37.3 Å². The standard InChI is InChI=1S/C28H22F3N3O2/c1-18-11-13-21(14-12-18)34-27-26(19(2)33-34)24(28(29,30)31)16-25(32-27)35-17-20-7-6-10-23(15-20)36-22-8-4-3-5-9-22/h3-16H,17H2,1-2H3. The lowest BCUT2D eigenvalue weighted by atomic mass is 10.1. The maximum Gasteiger partial charge on any atom is 0.417 e. The molecule has 0 spiro atoms. The third-order valence-corrected chi connectivity index (χ3v) is 5.64. The van der Waals surface area contributed by atoms with Crippen LogP contribution in [0.15, 0.2) is 84.9 Å². The normalized spacial score (nSPS) is 11.6. The highest BCUT2D eigenvalue weighted by Gasteiger charge is 2.36. The summed E-state index contributed by atoms with van der Waals surface area (Å²) >= 11 is 0. The van der Waals surface area contributed by atoms with E-state index >= 15 is 0 Å². The topological polar surface area (TPSA) is 49.2 Å². The summed E-state index contributed by atoms with van der Waals surface area (Å²) in [6, 6.07) is 24.7. The summed E-state index contributed by atoms with van der Waals surface area (Å²) in [5.41, 5.74) is 1.85. The summed E-state index contributed by atoms with van der Waals surface area (Å²) in [7, 11) is 0. The van der Waals surface area contributed by atoms with E-state index in [-0.39, 0.29) is 29.2 Å². The second-order valence-electron chi connectivity index (χ2n) is 8.39. The van der Waals surface area contributed by atoms with Gasteiger partial charge in [0, 0.05) is 6.07 Å². The van der Waals surface area contributed by atoms with Crippen molar-refractivity contribution in [3.8, 4) is 23.1 Å². The average molecular weight is 489 g/mol. The number of hydrogen-bond donors (Lipinski definition) is 0. The van der Waals surface area contributed by atoms with Gasteiger partial charge >= 0.3 is 6.18 Å². The molecule has 2 aromatic heterocycles. The van der Waals surface area contributed by atoms with Gasteiger partial charge in [-0.05, 0) is 55.8 Å². The lowest BCUT2D eigenvalue weighted by molar-refractivity contribution is -0.136. The van der Waals surface area contributed by atoms with Crippen molar-refractivity contribution >= 4 is 11.0 Å². The number of aryl methyl sites for hydroxylation is 2. The van der Waals surface area contributed by atoms with Crippen molar-refractivity contribution in [1.82, 2.24) is 14.8 Å². The molecular weight excluding hydrogens is 467 g/mol. The summed E-state index contributed by atoms with van der Waals surface area (Å²) in [6.07, 6.45) is -4.60. The van der Waals surface area contributed by atoms with E-state index in [0.717, 1.165) is 17.2 Å². The molecular formula is C28H22F3N3O2. The Labute approximate surface area is 205 Å². The fourth-order valence-corrected chi connectivity index (χ4v) is 3.91. The van der Waals surface area contributed by atoms with Crippen molar-refractivity contribution in [3.63, 3.8) is 0 Å². The first-order chi connectivity index (χ1) is 17.3. The Hall–Kier alpha value is -4.33. The molecule has 0 saturated carbocycles. The Morgan fingerprint density at radius 2 is 1.56 bits per heavy atom. The molecule has 0 unspecified atom stereocenters. The molecule has 0 aliphatic carbocycles. The number of aromatic nitrogens is 3. The van der Waals surface area contributed by atoms with Crippen LogP contribution in [0.25, 0.3) is 16.7 Å². The summed E-state index contributed by atoms with van der Waals surface area (Å²) in [4.78, 5) is 4.42. The first-order valence-corrected chi connectivity index (χ1v) is 11.3. The van der Waals surface area contributed by atoms with E-state index in [2.05, 4.69) is 10.1 Å².